The number of carbonyl (C=O) groups excluding carboxylic acids is 2. The van der Waals surface area contributed by atoms with Crippen molar-refractivity contribution in [3.63, 3.8) is 0 Å². The van der Waals surface area contributed by atoms with Gasteiger partial charge in [-0.1, -0.05) is 32.7 Å². The van der Waals surface area contributed by atoms with E-state index in [1.165, 1.54) is 0 Å². The van der Waals surface area contributed by atoms with Gasteiger partial charge in [0.1, 0.15) is 12.2 Å². The van der Waals surface area contributed by atoms with Crippen molar-refractivity contribution in [2.24, 2.45) is 17.3 Å². The van der Waals surface area contributed by atoms with Crippen molar-refractivity contribution in [2.45, 2.75) is 31.7 Å². The summed E-state index contributed by atoms with van der Waals surface area (Å²) in [6.07, 6.45) is -2.17. The molecule has 0 unspecified atom stereocenters. The number of aliphatic hydroxyl groups is 4. The number of methoxy groups -OCH3 is 1. The fourth-order valence-corrected chi connectivity index (χ4v) is 3.79. The van der Waals surface area contributed by atoms with Crippen LogP contribution in [0.1, 0.15) is 13.3 Å². The smallest absolute Gasteiger partial charge is 0.336 e. The first kappa shape index (κ1) is 24.8. The van der Waals surface area contributed by atoms with Crippen molar-refractivity contribution in [1.82, 2.24) is 0 Å². The standard InChI is InChI=1S/C21H30O8/c1-7-21(5)8-15(29-20(27)12(3)14(24)10-23)16(13(4)19(26)28-6)18(25)17(21)11(2)9-22/h7,14-18,22-25H,1-4,8-10H2,5-6H3/t14-,15+,16-,17-,18+,21-/m1/s1. The van der Waals surface area contributed by atoms with Gasteiger partial charge in [-0.3, -0.25) is 0 Å². The molecule has 1 aliphatic rings. The molecule has 0 aliphatic heterocycles. The van der Waals surface area contributed by atoms with E-state index in [4.69, 9.17) is 14.6 Å². The third-order valence-electron chi connectivity index (χ3n) is 5.52. The minimum atomic E-state index is -1.51. The van der Waals surface area contributed by atoms with Crippen LogP contribution in [0.2, 0.25) is 0 Å². The summed E-state index contributed by atoms with van der Waals surface area (Å²) < 4.78 is 10.2. The van der Waals surface area contributed by atoms with Crippen molar-refractivity contribution in [1.29, 1.82) is 0 Å². The number of rotatable bonds is 9. The van der Waals surface area contributed by atoms with Gasteiger partial charge in [0.05, 0.1) is 37.9 Å². The second-order valence-electron chi connectivity index (χ2n) is 7.41. The highest BCUT2D eigenvalue weighted by atomic mass is 16.5. The lowest BCUT2D eigenvalue weighted by Crippen LogP contribution is -2.54. The molecule has 4 N–H and O–H groups in total. The molecule has 8 nitrogen and oxygen atoms in total. The molecule has 0 amide bonds. The van der Waals surface area contributed by atoms with Crippen LogP contribution in [0.4, 0.5) is 0 Å². The van der Waals surface area contributed by atoms with Gasteiger partial charge in [-0.25, -0.2) is 9.59 Å². The first-order valence-corrected chi connectivity index (χ1v) is 9.05. The van der Waals surface area contributed by atoms with E-state index in [9.17, 15) is 24.9 Å². The maximum absolute atomic E-state index is 12.4. The zero-order valence-electron chi connectivity index (χ0n) is 16.8. The Balaban J connectivity index is 3.38. The second kappa shape index (κ2) is 9.98. The van der Waals surface area contributed by atoms with E-state index in [0.29, 0.717) is 5.57 Å². The van der Waals surface area contributed by atoms with Crippen LogP contribution in [0.15, 0.2) is 49.1 Å². The Bertz CT molecular complexity index is 697. The first-order chi connectivity index (χ1) is 13.5. The maximum atomic E-state index is 12.4. The Kier molecular flexibility index (Phi) is 8.52. The SMILES string of the molecule is C=C[C@]1(C)C[C@H](OC(=O)C(=C)[C@H](O)CO)[C@@H](C(=C)C(=O)OC)[C@H](O)[C@H]1C(=C)CO. The van der Waals surface area contributed by atoms with E-state index in [-0.39, 0.29) is 17.6 Å². The van der Waals surface area contributed by atoms with Crippen LogP contribution in [0.5, 0.6) is 0 Å². The van der Waals surface area contributed by atoms with E-state index in [0.717, 1.165) is 7.11 Å². The van der Waals surface area contributed by atoms with Crippen LogP contribution in [0, 0.1) is 17.3 Å². The highest BCUT2D eigenvalue weighted by Crippen LogP contribution is 2.50. The van der Waals surface area contributed by atoms with E-state index in [1.807, 2.05) is 0 Å². The molecule has 0 spiro atoms. The molecule has 1 fully saturated rings. The number of hydrogen-bond acceptors (Lipinski definition) is 8. The van der Waals surface area contributed by atoms with Crippen LogP contribution in [0.3, 0.4) is 0 Å². The average molecular weight is 410 g/mol. The van der Waals surface area contributed by atoms with Crippen molar-refractivity contribution in [2.75, 3.05) is 20.3 Å². The zero-order chi connectivity index (χ0) is 22.5. The molecule has 0 heterocycles. The summed E-state index contributed by atoms with van der Waals surface area (Å²) in [5.41, 5.74) is -0.999. The molecule has 0 radical (unpaired) electrons. The number of allylic oxidation sites excluding steroid dienone is 1. The number of aliphatic hydroxyl groups excluding tert-OH is 4. The predicted octanol–water partition coefficient (Wildman–Crippen LogP) is 0.275. The Morgan fingerprint density at radius 1 is 1.24 bits per heavy atom. The molecular formula is C21H30O8. The first-order valence-electron chi connectivity index (χ1n) is 9.05. The van der Waals surface area contributed by atoms with Crippen molar-refractivity contribution < 1.29 is 39.5 Å². The largest absolute Gasteiger partial charge is 0.466 e. The summed E-state index contributed by atoms with van der Waals surface area (Å²) in [5.74, 6) is -3.54. The summed E-state index contributed by atoms with van der Waals surface area (Å²) in [7, 11) is 1.15. The third-order valence-corrected chi connectivity index (χ3v) is 5.52. The molecule has 6 atom stereocenters. The Hall–Kier alpha value is -2.26. The van der Waals surface area contributed by atoms with E-state index >= 15 is 0 Å². The van der Waals surface area contributed by atoms with E-state index in [2.05, 4.69) is 26.3 Å². The summed E-state index contributed by atoms with van der Waals surface area (Å²) in [4.78, 5) is 24.5. The summed E-state index contributed by atoms with van der Waals surface area (Å²) in [6, 6.07) is 0. The second-order valence-corrected chi connectivity index (χ2v) is 7.41. The Morgan fingerprint density at radius 2 is 1.83 bits per heavy atom. The highest BCUT2D eigenvalue weighted by Gasteiger charge is 2.53. The van der Waals surface area contributed by atoms with Gasteiger partial charge in [0.2, 0.25) is 0 Å². The van der Waals surface area contributed by atoms with Gasteiger partial charge in [-0.2, -0.15) is 0 Å². The van der Waals surface area contributed by atoms with Gasteiger partial charge in [0, 0.05) is 11.5 Å². The fourth-order valence-electron chi connectivity index (χ4n) is 3.79. The van der Waals surface area contributed by atoms with Crippen LogP contribution in [-0.2, 0) is 19.1 Å². The minimum absolute atomic E-state index is 0.117. The molecule has 29 heavy (non-hydrogen) atoms. The molecule has 0 saturated heterocycles. The van der Waals surface area contributed by atoms with Crippen molar-refractivity contribution in [3.8, 4) is 0 Å². The maximum Gasteiger partial charge on any atom is 0.336 e. The van der Waals surface area contributed by atoms with Crippen LogP contribution in [-0.4, -0.2) is 71.0 Å². The van der Waals surface area contributed by atoms with Crippen LogP contribution in [0.25, 0.3) is 0 Å². The molecule has 0 bridgehead atoms. The Labute approximate surface area is 170 Å². The lowest BCUT2D eigenvalue weighted by molar-refractivity contribution is -0.162. The van der Waals surface area contributed by atoms with Gasteiger partial charge < -0.3 is 29.9 Å². The molecule has 1 saturated carbocycles. The molecular weight excluding hydrogens is 380 g/mol. The number of hydrogen-bond donors (Lipinski definition) is 4. The van der Waals surface area contributed by atoms with Gasteiger partial charge >= 0.3 is 11.9 Å². The molecule has 0 aromatic carbocycles. The van der Waals surface area contributed by atoms with Crippen molar-refractivity contribution >= 4 is 11.9 Å². The zero-order valence-corrected chi connectivity index (χ0v) is 16.8. The summed E-state index contributed by atoms with van der Waals surface area (Å²) >= 11 is 0. The monoisotopic (exact) mass is 410 g/mol. The summed E-state index contributed by atoms with van der Waals surface area (Å²) in [5, 5.41) is 39.3. The van der Waals surface area contributed by atoms with E-state index in [1.54, 1.807) is 13.0 Å². The van der Waals surface area contributed by atoms with Gasteiger partial charge in [-0.05, 0) is 17.4 Å². The lowest BCUT2D eigenvalue weighted by atomic mass is 9.58. The topological polar surface area (TPSA) is 134 Å². The molecule has 0 aromatic rings. The highest BCUT2D eigenvalue weighted by molar-refractivity contribution is 5.90. The normalized spacial score (nSPS) is 30.0. The summed E-state index contributed by atoms with van der Waals surface area (Å²) in [6.45, 7) is 15.3. The van der Waals surface area contributed by atoms with Gasteiger partial charge in [0.25, 0.3) is 0 Å². The number of carbonyl (C=O) groups is 2. The minimum Gasteiger partial charge on any atom is -0.466 e. The number of esters is 2. The van der Waals surface area contributed by atoms with E-state index < -0.39 is 60.7 Å². The van der Waals surface area contributed by atoms with Crippen molar-refractivity contribution in [3.05, 3.63) is 49.1 Å². The Morgan fingerprint density at radius 3 is 2.28 bits per heavy atom. The van der Waals surface area contributed by atoms with Crippen LogP contribution < -0.4 is 0 Å². The third kappa shape index (κ3) is 5.02. The van der Waals surface area contributed by atoms with Gasteiger partial charge in [-0.15, -0.1) is 6.58 Å². The molecule has 0 aromatic heterocycles. The molecule has 1 rings (SSSR count). The predicted molar refractivity (Wildman–Crippen MR) is 105 cm³/mol. The molecule has 8 heteroatoms. The quantitative estimate of drug-likeness (QED) is 0.242. The molecule has 162 valence electrons. The van der Waals surface area contributed by atoms with Gasteiger partial charge in [0.15, 0.2) is 0 Å². The lowest BCUT2D eigenvalue weighted by Gasteiger charge is -2.50. The molecule has 1 aliphatic carbocycles. The van der Waals surface area contributed by atoms with Crippen LogP contribution >= 0.6 is 0 Å². The number of ether oxygens (including phenoxy) is 2. The average Bonchev–Trinajstić information content (AvgIpc) is 2.70. The fraction of sp³-hybridized carbons (Fsp3) is 0.524.